The second-order valence-electron chi connectivity index (χ2n) is 7.42. The monoisotopic (exact) mass is 417 g/mol. The van der Waals surface area contributed by atoms with Gasteiger partial charge in [0.25, 0.3) is 15.9 Å². The van der Waals surface area contributed by atoms with Gasteiger partial charge in [0.1, 0.15) is 11.6 Å². The molecule has 0 atom stereocenters. The first kappa shape index (κ1) is 20.5. The number of hydrogen-bond acceptors (Lipinski definition) is 5. The van der Waals surface area contributed by atoms with Crippen molar-refractivity contribution in [3.63, 3.8) is 0 Å². The maximum absolute atomic E-state index is 13.0. The molecular formula is C20H20FN3O4S. The lowest BCUT2D eigenvalue weighted by atomic mass is 9.93. The normalized spacial score (nSPS) is 11.9. The highest BCUT2D eigenvalue weighted by Gasteiger charge is 2.20. The highest BCUT2D eigenvalue weighted by molar-refractivity contribution is 7.92. The van der Waals surface area contributed by atoms with E-state index in [1.54, 1.807) is 6.07 Å². The van der Waals surface area contributed by atoms with E-state index in [-0.39, 0.29) is 16.0 Å². The topological polar surface area (TPSA) is 101 Å². The molecule has 0 aliphatic rings. The molecule has 1 amide bonds. The number of hydrogen-bond donors (Lipinski definition) is 2. The number of halogens is 1. The largest absolute Gasteiger partial charge is 0.359 e. The SMILES string of the molecule is CC(C)(C)c1cc(NC(=O)c2ccc(NS(=O)(=O)c3ccc(F)cc3)cc2)no1. The Balaban J connectivity index is 1.68. The Morgan fingerprint density at radius 1 is 1.03 bits per heavy atom. The van der Waals surface area contributed by atoms with Gasteiger partial charge < -0.3 is 9.84 Å². The Bertz CT molecular complexity index is 1120. The average molecular weight is 417 g/mol. The molecule has 0 bridgehead atoms. The molecule has 29 heavy (non-hydrogen) atoms. The summed E-state index contributed by atoms with van der Waals surface area (Å²) in [6.07, 6.45) is 0. The second kappa shape index (κ2) is 7.67. The number of amides is 1. The van der Waals surface area contributed by atoms with Gasteiger partial charge in [-0.15, -0.1) is 0 Å². The molecule has 0 fully saturated rings. The molecule has 9 heteroatoms. The number of nitrogens with zero attached hydrogens (tertiary/aromatic N) is 1. The van der Waals surface area contributed by atoms with Crippen LogP contribution in [0.3, 0.4) is 0 Å². The van der Waals surface area contributed by atoms with Crippen molar-refractivity contribution >= 4 is 27.4 Å². The third-order valence-corrected chi connectivity index (χ3v) is 5.41. The fourth-order valence-corrected chi connectivity index (χ4v) is 3.45. The van der Waals surface area contributed by atoms with Gasteiger partial charge in [0.15, 0.2) is 5.82 Å². The van der Waals surface area contributed by atoms with E-state index in [4.69, 9.17) is 4.52 Å². The summed E-state index contributed by atoms with van der Waals surface area (Å²) in [4.78, 5) is 12.3. The summed E-state index contributed by atoms with van der Waals surface area (Å²) in [5.41, 5.74) is 0.344. The molecule has 2 N–H and O–H groups in total. The summed E-state index contributed by atoms with van der Waals surface area (Å²) in [5, 5.41) is 6.46. The molecule has 1 aromatic heterocycles. The Labute approximate surface area is 168 Å². The van der Waals surface area contributed by atoms with Crippen LogP contribution >= 0.6 is 0 Å². The zero-order valence-corrected chi connectivity index (χ0v) is 16.9. The van der Waals surface area contributed by atoms with Crippen molar-refractivity contribution in [3.05, 3.63) is 71.7 Å². The van der Waals surface area contributed by atoms with Gasteiger partial charge in [0.05, 0.1) is 4.90 Å². The summed E-state index contributed by atoms with van der Waals surface area (Å²) in [5.74, 6) is -0.00730. The van der Waals surface area contributed by atoms with Crippen LogP contribution in [0.15, 0.2) is 64.0 Å². The zero-order chi connectivity index (χ0) is 21.2. The van der Waals surface area contributed by atoms with E-state index in [0.717, 1.165) is 12.1 Å². The fraction of sp³-hybridized carbons (Fsp3) is 0.200. The van der Waals surface area contributed by atoms with Gasteiger partial charge >= 0.3 is 0 Å². The van der Waals surface area contributed by atoms with Crippen LogP contribution in [0, 0.1) is 5.82 Å². The molecular weight excluding hydrogens is 397 g/mol. The third-order valence-electron chi connectivity index (χ3n) is 4.01. The van der Waals surface area contributed by atoms with E-state index in [0.29, 0.717) is 17.1 Å². The summed E-state index contributed by atoms with van der Waals surface area (Å²) >= 11 is 0. The molecule has 0 spiro atoms. The number of carbonyl (C=O) groups excluding carboxylic acids is 1. The molecule has 3 rings (SSSR count). The van der Waals surface area contributed by atoms with E-state index in [1.807, 2.05) is 20.8 Å². The van der Waals surface area contributed by atoms with Crippen molar-refractivity contribution < 1.29 is 22.1 Å². The summed E-state index contributed by atoms with van der Waals surface area (Å²) < 4.78 is 45.2. The highest BCUT2D eigenvalue weighted by atomic mass is 32.2. The zero-order valence-electron chi connectivity index (χ0n) is 16.1. The van der Waals surface area contributed by atoms with Crippen molar-refractivity contribution in [2.45, 2.75) is 31.1 Å². The van der Waals surface area contributed by atoms with Crippen LogP contribution in [0.1, 0.15) is 36.9 Å². The molecule has 0 saturated carbocycles. The molecule has 0 radical (unpaired) electrons. The van der Waals surface area contributed by atoms with Gasteiger partial charge in [-0.25, -0.2) is 12.8 Å². The molecule has 152 valence electrons. The smallest absolute Gasteiger partial charge is 0.261 e. The first-order valence-electron chi connectivity index (χ1n) is 8.72. The highest BCUT2D eigenvalue weighted by Crippen LogP contribution is 2.24. The molecule has 0 aliphatic heterocycles. The predicted molar refractivity (Wildman–Crippen MR) is 107 cm³/mol. The third kappa shape index (κ3) is 5.00. The number of rotatable bonds is 5. The molecule has 0 saturated heterocycles. The van der Waals surface area contributed by atoms with Gasteiger partial charge in [-0.2, -0.15) is 0 Å². The lowest BCUT2D eigenvalue weighted by molar-refractivity contribution is 0.102. The lowest BCUT2D eigenvalue weighted by Gasteiger charge is -2.12. The molecule has 1 heterocycles. The average Bonchev–Trinajstić information content (AvgIpc) is 3.11. The Hall–Kier alpha value is -3.20. The number of sulfonamides is 1. The van der Waals surface area contributed by atoms with Crippen molar-refractivity contribution in [1.82, 2.24) is 5.16 Å². The Morgan fingerprint density at radius 2 is 1.66 bits per heavy atom. The quantitative estimate of drug-likeness (QED) is 0.649. The first-order valence-corrected chi connectivity index (χ1v) is 10.2. The second-order valence-corrected chi connectivity index (χ2v) is 9.10. The van der Waals surface area contributed by atoms with Gasteiger partial charge in [0.2, 0.25) is 0 Å². The van der Waals surface area contributed by atoms with E-state index >= 15 is 0 Å². The maximum Gasteiger partial charge on any atom is 0.261 e. The predicted octanol–water partition coefficient (Wildman–Crippen LogP) is 4.16. The molecule has 0 aliphatic carbocycles. The number of nitrogens with one attached hydrogen (secondary N) is 2. The molecule has 3 aromatic rings. The van der Waals surface area contributed by atoms with Crippen LogP contribution in [-0.2, 0) is 15.4 Å². The number of carbonyl (C=O) groups is 1. The molecule has 0 unspecified atom stereocenters. The summed E-state index contributed by atoms with van der Waals surface area (Å²) in [6, 6.07) is 12.0. The number of benzene rings is 2. The first-order chi connectivity index (χ1) is 13.5. The lowest BCUT2D eigenvalue weighted by Crippen LogP contribution is -2.14. The van der Waals surface area contributed by atoms with Crippen LogP contribution in [0.4, 0.5) is 15.9 Å². The minimum atomic E-state index is -3.86. The minimum absolute atomic E-state index is 0.0681. The van der Waals surface area contributed by atoms with Crippen LogP contribution in [0.25, 0.3) is 0 Å². The van der Waals surface area contributed by atoms with Crippen LogP contribution in [0.5, 0.6) is 0 Å². The van der Waals surface area contributed by atoms with Gasteiger partial charge in [0, 0.05) is 22.7 Å². The molecule has 7 nitrogen and oxygen atoms in total. The van der Waals surface area contributed by atoms with E-state index < -0.39 is 21.7 Å². The Morgan fingerprint density at radius 3 is 2.21 bits per heavy atom. The van der Waals surface area contributed by atoms with Crippen molar-refractivity contribution in [3.8, 4) is 0 Å². The summed E-state index contributed by atoms with van der Waals surface area (Å²) in [6.45, 7) is 5.89. The standard InChI is InChI=1S/C20H20FN3O4S/c1-20(2,3)17-12-18(23-28-17)22-19(25)13-4-8-15(9-5-13)24-29(26,27)16-10-6-14(21)7-11-16/h4-12,24H,1-3H3,(H,22,23,25). The van der Waals surface area contributed by atoms with Crippen molar-refractivity contribution in [2.75, 3.05) is 10.0 Å². The van der Waals surface area contributed by atoms with Gasteiger partial charge in [-0.1, -0.05) is 25.9 Å². The minimum Gasteiger partial charge on any atom is -0.359 e. The van der Waals surface area contributed by atoms with Crippen molar-refractivity contribution in [2.24, 2.45) is 0 Å². The van der Waals surface area contributed by atoms with E-state index in [2.05, 4.69) is 15.2 Å². The van der Waals surface area contributed by atoms with Crippen molar-refractivity contribution in [1.29, 1.82) is 0 Å². The van der Waals surface area contributed by atoms with Crippen LogP contribution in [-0.4, -0.2) is 19.5 Å². The van der Waals surface area contributed by atoms with E-state index in [9.17, 15) is 17.6 Å². The van der Waals surface area contributed by atoms with E-state index in [1.165, 1.54) is 36.4 Å². The number of aromatic nitrogens is 1. The molecule has 2 aromatic carbocycles. The van der Waals surface area contributed by atoms with Crippen LogP contribution in [0.2, 0.25) is 0 Å². The maximum atomic E-state index is 13.0. The number of anilines is 2. The van der Waals surface area contributed by atoms with Crippen LogP contribution < -0.4 is 10.0 Å². The summed E-state index contributed by atoms with van der Waals surface area (Å²) in [7, 11) is -3.86. The Kier molecular flexibility index (Phi) is 5.43. The van der Waals surface area contributed by atoms with Gasteiger partial charge in [-0.05, 0) is 48.5 Å². The fourth-order valence-electron chi connectivity index (χ4n) is 2.39. The van der Waals surface area contributed by atoms with Gasteiger partial charge in [-0.3, -0.25) is 9.52 Å².